The van der Waals surface area contributed by atoms with Gasteiger partial charge in [-0.1, -0.05) is 6.92 Å². The van der Waals surface area contributed by atoms with Crippen molar-refractivity contribution in [3.63, 3.8) is 0 Å². The van der Waals surface area contributed by atoms with Crippen LogP contribution in [0.25, 0.3) is 0 Å². The molecule has 1 aromatic heterocycles. The van der Waals surface area contributed by atoms with Gasteiger partial charge in [-0.3, -0.25) is 14.4 Å². The number of Topliss-reactive ketones (excluding diaryl/α,β-unsaturated/α-hetero) is 1. The lowest BCUT2D eigenvalue weighted by Crippen LogP contribution is -2.50. The Balaban J connectivity index is 1.72. The number of hydrogen-bond acceptors (Lipinski definition) is 3. The fourth-order valence-electron chi connectivity index (χ4n) is 4.01. The summed E-state index contributed by atoms with van der Waals surface area (Å²) in [5, 5.41) is 0. The van der Waals surface area contributed by atoms with Crippen molar-refractivity contribution < 1.29 is 14.4 Å². The molecule has 1 aromatic rings. The molecule has 2 aliphatic heterocycles. The summed E-state index contributed by atoms with van der Waals surface area (Å²) in [7, 11) is 1.75. The number of nitrogens with zero attached hydrogens (tertiary/aromatic N) is 3. The predicted octanol–water partition coefficient (Wildman–Crippen LogP) is 1.46. The molecule has 0 saturated carbocycles. The Morgan fingerprint density at radius 3 is 2.71 bits per heavy atom. The lowest BCUT2D eigenvalue weighted by molar-refractivity contribution is -0.146. The molecule has 1 spiro atoms. The van der Waals surface area contributed by atoms with Gasteiger partial charge in [0.25, 0.3) is 11.7 Å². The van der Waals surface area contributed by atoms with E-state index in [2.05, 4.69) is 6.92 Å². The third-order valence-electron chi connectivity index (χ3n) is 5.33. The third-order valence-corrected chi connectivity index (χ3v) is 5.33. The van der Waals surface area contributed by atoms with Crippen molar-refractivity contribution in [1.82, 2.24) is 14.4 Å². The maximum absolute atomic E-state index is 12.9. The van der Waals surface area contributed by atoms with Gasteiger partial charge in [-0.25, -0.2) is 0 Å². The van der Waals surface area contributed by atoms with Crippen LogP contribution < -0.4 is 0 Å². The monoisotopic (exact) mass is 331 g/mol. The van der Waals surface area contributed by atoms with Crippen LogP contribution in [0.2, 0.25) is 0 Å². The van der Waals surface area contributed by atoms with Gasteiger partial charge in [0, 0.05) is 39.4 Å². The minimum Gasteiger partial charge on any atom is -0.348 e. The SMILES string of the molecule is CCCN1CCC[C@]2(CCN(C(=O)C(=O)c3cccn3C)C2)C1=O. The molecule has 0 radical (unpaired) electrons. The lowest BCUT2D eigenvalue weighted by Gasteiger charge is -2.39. The number of rotatable bonds is 4. The van der Waals surface area contributed by atoms with Gasteiger partial charge in [0.15, 0.2) is 0 Å². The lowest BCUT2D eigenvalue weighted by atomic mass is 9.78. The number of piperidine rings is 1. The Labute approximate surface area is 142 Å². The van der Waals surface area contributed by atoms with E-state index in [1.165, 1.54) is 0 Å². The van der Waals surface area contributed by atoms with Gasteiger partial charge in [-0.15, -0.1) is 0 Å². The minimum atomic E-state index is -0.492. The Bertz CT molecular complexity index is 664. The summed E-state index contributed by atoms with van der Waals surface area (Å²) >= 11 is 0. The molecule has 130 valence electrons. The molecule has 0 unspecified atom stereocenters. The predicted molar refractivity (Wildman–Crippen MR) is 89.5 cm³/mol. The molecule has 0 aliphatic carbocycles. The average Bonchev–Trinajstić information content (AvgIpc) is 3.18. The number of aryl methyl sites for hydroxylation is 1. The largest absolute Gasteiger partial charge is 0.348 e. The average molecular weight is 331 g/mol. The van der Waals surface area contributed by atoms with Gasteiger partial charge in [0.2, 0.25) is 5.91 Å². The van der Waals surface area contributed by atoms with Crippen LogP contribution in [-0.4, -0.2) is 58.1 Å². The van der Waals surface area contributed by atoms with E-state index < -0.39 is 17.1 Å². The Hall–Kier alpha value is -2.11. The maximum atomic E-state index is 12.9. The summed E-state index contributed by atoms with van der Waals surface area (Å²) in [6, 6.07) is 3.40. The molecule has 1 atom stereocenters. The van der Waals surface area contributed by atoms with Gasteiger partial charge in [0.05, 0.1) is 11.1 Å². The number of carbonyl (C=O) groups excluding carboxylic acids is 3. The van der Waals surface area contributed by atoms with E-state index in [-0.39, 0.29) is 5.91 Å². The Morgan fingerprint density at radius 1 is 1.25 bits per heavy atom. The van der Waals surface area contributed by atoms with Crippen LogP contribution in [0.15, 0.2) is 18.3 Å². The molecule has 3 heterocycles. The van der Waals surface area contributed by atoms with Crippen molar-refractivity contribution in [2.75, 3.05) is 26.2 Å². The molecular formula is C18H25N3O3. The molecule has 0 N–H and O–H groups in total. The van der Waals surface area contributed by atoms with Crippen LogP contribution in [-0.2, 0) is 16.6 Å². The summed E-state index contributed by atoms with van der Waals surface area (Å²) in [6.07, 6.45) is 5.14. The second-order valence-electron chi connectivity index (χ2n) is 6.99. The van der Waals surface area contributed by atoms with E-state index in [9.17, 15) is 14.4 Å². The Morgan fingerprint density at radius 2 is 2.04 bits per heavy atom. The van der Waals surface area contributed by atoms with E-state index in [1.54, 1.807) is 34.8 Å². The molecule has 6 nitrogen and oxygen atoms in total. The highest BCUT2D eigenvalue weighted by Gasteiger charge is 2.49. The fourth-order valence-corrected chi connectivity index (χ4v) is 4.01. The van der Waals surface area contributed by atoms with Gasteiger partial charge < -0.3 is 14.4 Å². The van der Waals surface area contributed by atoms with Gasteiger partial charge in [-0.05, 0) is 37.8 Å². The van der Waals surface area contributed by atoms with Crippen LogP contribution in [0, 0.1) is 5.41 Å². The van der Waals surface area contributed by atoms with E-state index in [0.717, 1.165) is 32.4 Å². The van der Waals surface area contributed by atoms with Crippen molar-refractivity contribution in [1.29, 1.82) is 0 Å². The van der Waals surface area contributed by atoms with E-state index in [0.29, 0.717) is 25.2 Å². The van der Waals surface area contributed by atoms with E-state index in [4.69, 9.17) is 0 Å². The van der Waals surface area contributed by atoms with Gasteiger partial charge in [0.1, 0.15) is 0 Å². The Kier molecular flexibility index (Phi) is 4.47. The zero-order chi connectivity index (χ0) is 17.3. The summed E-state index contributed by atoms with van der Waals surface area (Å²) in [6.45, 7) is 4.51. The smallest absolute Gasteiger partial charge is 0.296 e. The van der Waals surface area contributed by atoms with E-state index in [1.807, 2.05) is 4.90 Å². The summed E-state index contributed by atoms with van der Waals surface area (Å²) in [5.74, 6) is -0.820. The first-order valence-corrected chi connectivity index (χ1v) is 8.73. The van der Waals surface area contributed by atoms with Gasteiger partial charge >= 0.3 is 0 Å². The highest BCUT2D eigenvalue weighted by molar-refractivity contribution is 6.42. The van der Waals surface area contributed by atoms with Crippen molar-refractivity contribution in [2.24, 2.45) is 12.5 Å². The van der Waals surface area contributed by atoms with Crippen LogP contribution in [0.5, 0.6) is 0 Å². The van der Waals surface area contributed by atoms with Crippen LogP contribution in [0.3, 0.4) is 0 Å². The number of aromatic nitrogens is 1. The summed E-state index contributed by atoms with van der Waals surface area (Å²) in [5.41, 5.74) is -0.0825. The molecule has 2 aliphatic rings. The topological polar surface area (TPSA) is 62.6 Å². The minimum absolute atomic E-state index is 0.164. The van der Waals surface area contributed by atoms with Gasteiger partial charge in [-0.2, -0.15) is 0 Å². The second kappa shape index (κ2) is 6.42. The van der Waals surface area contributed by atoms with Crippen molar-refractivity contribution in [2.45, 2.75) is 32.6 Å². The number of ketones is 1. The molecule has 2 saturated heterocycles. The van der Waals surface area contributed by atoms with Crippen LogP contribution in [0.4, 0.5) is 0 Å². The van der Waals surface area contributed by atoms with Crippen molar-refractivity contribution in [3.8, 4) is 0 Å². The highest BCUT2D eigenvalue weighted by atomic mass is 16.2. The first kappa shape index (κ1) is 16.7. The quantitative estimate of drug-likeness (QED) is 0.620. The molecular weight excluding hydrogens is 306 g/mol. The number of hydrogen-bond donors (Lipinski definition) is 0. The fraction of sp³-hybridized carbons (Fsp3) is 0.611. The third kappa shape index (κ3) is 2.74. The maximum Gasteiger partial charge on any atom is 0.296 e. The van der Waals surface area contributed by atoms with Crippen molar-refractivity contribution in [3.05, 3.63) is 24.0 Å². The summed E-state index contributed by atoms with van der Waals surface area (Å²) in [4.78, 5) is 41.4. The second-order valence-corrected chi connectivity index (χ2v) is 6.99. The first-order valence-electron chi connectivity index (χ1n) is 8.73. The zero-order valence-corrected chi connectivity index (χ0v) is 14.5. The summed E-state index contributed by atoms with van der Waals surface area (Å²) < 4.78 is 1.65. The normalized spacial score (nSPS) is 24.0. The van der Waals surface area contributed by atoms with Crippen molar-refractivity contribution >= 4 is 17.6 Å². The molecule has 6 heteroatoms. The van der Waals surface area contributed by atoms with Crippen LogP contribution >= 0.6 is 0 Å². The molecule has 2 fully saturated rings. The molecule has 2 amide bonds. The number of amides is 2. The molecule has 0 bridgehead atoms. The van der Waals surface area contributed by atoms with Crippen LogP contribution in [0.1, 0.15) is 43.1 Å². The number of likely N-dealkylation sites (tertiary alicyclic amines) is 2. The molecule has 3 rings (SSSR count). The zero-order valence-electron chi connectivity index (χ0n) is 14.5. The van der Waals surface area contributed by atoms with E-state index >= 15 is 0 Å². The standard InChI is InChI=1S/C18H25N3O3/c1-3-9-20-11-5-7-18(17(20)24)8-12-21(13-18)16(23)15(22)14-6-4-10-19(14)2/h4,6,10H,3,5,7-9,11-13H2,1-2H3/t18-/m1/s1. The first-order chi connectivity index (χ1) is 11.5. The highest BCUT2D eigenvalue weighted by Crippen LogP contribution is 2.40. The molecule has 24 heavy (non-hydrogen) atoms. The molecule has 0 aromatic carbocycles. The number of carbonyl (C=O) groups is 3.